The molecule has 0 atom stereocenters. The third-order valence-corrected chi connectivity index (χ3v) is 3.01. The van der Waals surface area contributed by atoms with Crippen LogP contribution in [0.1, 0.15) is 43.6 Å². The van der Waals surface area contributed by atoms with Crippen LogP contribution in [-0.4, -0.2) is 11.0 Å². The zero-order valence-corrected chi connectivity index (χ0v) is 8.75. The monoisotopic (exact) mass is 194 g/mol. The third-order valence-electron chi connectivity index (χ3n) is 3.01. The minimum Gasteiger partial charge on any atom is -0.448 e. The number of oxazole rings is 1. The molecule has 0 amide bonds. The van der Waals surface area contributed by atoms with Crippen LogP contribution in [0.15, 0.2) is 10.8 Å². The standard InChI is InChI=1S/C11H18N2O/c1-9-11(13-8-14-9)7-12-10-5-3-2-4-6-10/h8,10,12H,2-7H2,1H3. The highest BCUT2D eigenvalue weighted by molar-refractivity contribution is 5.04. The Hall–Kier alpha value is -0.830. The van der Waals surface area contributed by atoms with Gasteiger partial charge in [0.1, 0.15) is 5.76 Å². The Kier molecular flexibility index (Phi) is 3.19. The lowest BCUT2D eigenvalue weighted by atomic mass is 9.95. The first-order chi connectivity index (χ1) is 6.86. The highest BCUT2D eigenvalue weighted by Crippen LogP contribution is 2.17. The van der Waals surface area contributed by atoms with Crippen molar-refractivity contribution in [2.75, 3.05) is 0 Å². The smallest absolute Gasteiger partial charge is 0.181 e. The zero-order chi connectivity index (χ0) is 9.80. The molecule has 1 aromatic rings. The first kappa shape index (κ1) is 9.71. The molecule has 3 heteroatoms. The summed E-state index contributed by atoms with van der Waals surface area (Å²) in [4.78, 5) is 4.17. The van der Waals surface area contributed by atoms with E-state index in [9.17, 15) is 0 Å². The minimum absolute atomic E-state index is 0.694. The van der Waals surface area contributed by atoms with E-state index in [0.717, 1.165) is 18.0 Å². The molecular formula is C11H18N2O. The second kappa shape index (κ2) is 4.60. The maximum atomic E-state index is 5.15. The van der Waals surface area contributed by atoms with Gasteiger partial charge in [0, 0.05) is 12.6 Å². The largest absolute Gasteiger partial charge is 0.448 e. The van der Waals surface area contributed by atoms with E-state index < -0.39 is 0 Å². The quantitative estimate of drug-likeness (QED) is 0.803. The summed E-state index contributed by atoms with van der Waals surface area (Å²) in [5.41, 5.74) is 1.05. The SMILES string of the molecule is Cc1ocnc1CNC1CCCCC1. The summed E-state index contributed by atoms with van der Waals surface area (Å²) in [6.45, 7) is 2.82. The van der Waals surface area contributed by atoms with Crippen molar-refractivity contribution in [3.63, 3.8) is 0 Å². The van der Waals surface area contributed by atoms with E-state index in [0.29, 0.717) is 6.04 Å². The lowest BCUT2D eigenvalue weighted by Crippen LogP contribution is -2.30. The van der Waals surface area contributed by atoms with Gasteiger partial charge < -0.3 is 9.73 Å². The summed E-state index contributed by atoms with van der Waals surface area (Å²) >= 11 is 0. The average molecular weight is 194 g/mol. The molecule has 1 aliphatic rings. The van der Waals surface area contributed by atoms with E-state index in [-0.39, 0.29) is 0 Å². The molecule has 1 saturated carbocycles. The predicted octanol–water partition coefficient (Wildman–Crippen LogP) is 2.41. The van der Waals surface area contributed by atoms with Crippen LogP contribution < -0.4 is 5.32 Å². The molecule has 0 saturated heterocycles. The third kappa shape index (κ3) is 2.35. The molecule has 2 rings (SSSR count). The highest BCUT2D eigenvalue weighted by Gasteiger charge is 2.13. The molecule has 0 bridgehead atoms. The van der Waals surface area contributed by atoms with Crippen LogP contribution in [0, 0.1) is 6.92 Å². The van der Waals surface area contributed by atoms with Gasteiger partial charge in [0.2, 0.25) is 0 Å². The number of rotatable bonds is 3. The van der Waals surface area contributed by atoms with Gasteiger partial charge in [-0.2, -0.15) is 0 Å². The van der Waals surface area contributed by atoms with Crippen LogP contribution in [-0.2, 0) is 6.54 Å². The molecule has 1 N–H and O–H groups in total. The van der Waals surface area contributed by atoms with Crippen LogP contribution in [0.25, 0.3) is 0 Å². The van der Waals surface area contributed by atoms with Crippen molar-refractivity contribution < 1.29 is 4.42 Å². The van der Waals surface area contributed by atoms with Gasteiger partial charge >= 0.3 is 0 Å². The van der Waals surface area contributed by atoms with Crippen molar-refractivity contribution in [1.29, 1.82) is 0 Å². The number of hydrogen-bond acceptors (Lipinski definition) is 3. The predicted molar refractivity (Wildman–Crippen MR) is 55.0 cm³/mol. The van der Waals surface area contributed by atoms with Gasteiger partial charge in [-0.25, -0.2) is 4.98 Å². The van der Waals surface area contributed by atoms with Crippen LogP contribution in [0.3, 0.4) is 0 Å². The normalized spacial score (nSPS) is 18.6. The molecule has 0 unspecified atom stereocenters. The minimum atomic E-state index is 0.694. The number of hydrogen-bond donors (Lipinski definition) is 1. The van der Waals surface area contributed by atoms with E-state index in [1.807, 2.05) is 6.92 Å². The molecule has 0 radical (unpaired) electrons. The van der Waals surface area contributed by atoms with Crippen LogP contribution in [0.5, 0.6) is 0 Å². The Morgan fingerprint density at radius 3 is 2.86 bits per heavy atom. The second-order valence-electron chi connectivity index (χ2n) is 4.07. The van der Waals surface area contributed by atoms with Crippen molar-refractivity contribution in [2.45, 2.75) is 51.6 Å². The van der Waals surface area contributed by atoms with Crippen molar-refractivity contribution in [3.8, 4) is 0 Å². The Morgan fingerprint density at radius 1 is 1.43 bits per heavy atom. The van der Waals surface area contributed by atoms with Crippen molar-refractivity contribution >= 4 is 0 Å². The van der Waals surface area contributed by atoms with Crippen molar-refractivity contribution in [2.24, 2.45) is 0 Å². The summed E-state index contributed by atoms with van der Waals surface area (Å²) in [7, 11) is 0. The molecule has 1 fully saturated rings. The second-order valence-corrected chi connectivity index (χ2v) is 4.07. The molecule has 1 aliphatic carbocycles. The molecule has 0 spiro atoms. The van der Waals surface area contributed by atoms with Gasteiger partial charge in [-0.05, 0) is 19.8 Å². The van der Waals surface area contributed by atoms with E-state index in [1.165, 1.54) is 38.5 Å². The Morgan fingerprint density at radius 2 is 2.21 bits per heavy atom. The molecule has 0 aromatic carbocycles. The van der Waals surface area contributed by atoms with Gasteiger partial charge in [0.25, 0.3) is 0 Å². The number of aromatic nitrogens is 1. The van der Waals surface area contributed by atoms with Crippen molar-refractivity contribution in [1.82, 2.24) is 10.3 Å². The van der Waals surface area contributed by atoms with Gasteiger partial charge in [-0.1, -0.05) is 19.3 Å². The van der Waals surface area contributed by atoms with Crippen LogP contribution in [0.2, 0.25) is 0 Å². The van der Waals surface area contributed by atoms with Gasteiger partial charge in [-0.3, -0.25) is 0 Å². The fourth-order valence-electron chi connectivity index (χ4n) is 2.05. The fourth-order valence-corrected chi connectivity index (χ4v) is 2.05. The molecule has 3 nitrogen and oxygen atoms in total. The summed E-state index contributed by atoms with van der Waals surface area (Å²) in [5.74, 6) is 0.938. The summed E-state index contributed by atoms with van der Waals surface area (Å²) in [6.07, 6.45) is 8.30. The summed E-state index contributed by atoms with van der Waals surface area (Å²) in [5, 5.41) is 3.54. The van der Waals surface area contributed by atoms with Gasteiger partial charge in [0.15, 0.2) is 6.39 Å². The number of aryl methyl sites for hydroxylation is 1. The lowest BCUT2D eigenvalue weighted by Gasteiger charge is -2.22. The topological polar surface area (TPSA) is 38.1 Å². The van der Waals surface area contributed by atoms with E-state index >= 15 is 0 Å². The first-order valence-corrected chi connectivity index (χ1v) is 5.48. The number of nitrogens with zero attached hydrogens (tertiary/aromatic N) is 1. The van der Waals surface area contributed by atoms with Crippen LogP contribution >= 0.6 is 0 Å². The van der Waals surface area contributed by atoms with Crippen LogP contribution in [0.4, 0.5) is 0 Å². The molecule has 14 heavy (non-hydrogen) atoms. The Bertz CT molecular complexity index is 277. The summed E-state index contributed by atoms with van der Waals surface area (Å²) < 4.78 is 5.15. The highest BCUT2D eigenvalue weighted by atomic mass is 16.3. The Labute approximate surface area is 84.9 Å². The number of nitrogens with one attached hydrogen (secondary N) is 1. The molecule has 1 heterocycles. The van der Waals surface area contributed by atoms with Gasteiger partial charge in [-0.15, -0.1) is 0 Å². The first-order valence-electron chi connectivity index (χ1n) is 5.48. The molecule has 0 aliphatic heterocycles. The molecule has 1 aromatic heterocycles. The van der Waals surface area contributed by atoms with E-state index in [2.05, 4.69) is 10.3 Å². The van der Waals surface area contributed by atoms with E-state index in [4.69, 9.17) is 4.42 Å². The molecule has 78 valence electrons. The maximum absolute atomic E-state index is 5.15. The molecular weight excluding hydrogens is 176 g/mol. The van der Waals surface area contributed by atoms with E-state index in [1.54, 1.807) is 0 Å². The lowest BCUT2D eigenvalue weighted by molar-refractivity contribution is 0.370. The summed E-state index contributed by atoms with van der Waals surface area (Å²) in [6, 6.07) is 0.694. The average Bonchev–Trinajstić information content (AvgIpc) is 2.63. The Balaban J connectivity index is 1.79. The maximum Gasteiger partial charge on any atom is 0.181 e. The fraction of sp³-hybridized carbons (Fsp3) is 0.727. The zero-order valence-electron chi connectivity index (χ0n) is 8.75. The van der Waals surface area contributed by atoms with Gasteiger partial charge in [0.05, 0.1) is 5.69 Å². The van der Waals surface area contributed by atoms with Crippen molar-refractivity contribution in [3.05, 3.63) is 17.8 Å².